The molecule has 0 saturated carbocycles. The number of benzene rings is 1. The van der Waals surface area contributed by atoms with Crippen LogP contribution in [0.5, 0.6) is 5.75 Å². The van der Waals surface area contributed by atoms with Crippen LogP contribution in [0, 0.1) is 6.92 Å². The van der Waals surface area contributed by atoms with Crippen LogP contribution < -0.4 is 4.74 Å². The third kappa shape index (κ3) is 1.49. The van der Waals surface area contributed by atoms with Gasteiger partial charge in [-0.15, -0.1) is 0 Å². The second-order valence-corrected chi connectivity index (χ2v) is 3.50. The number of aliphatic hydroxyl groups is 1. The first-order valence-corrected chi connectivity index (χ1v) is 4.59. The molecular weight excluding hydrogens is 200 g/mol. The van der Waals surface area contributed by atoms with Gasteiger partial charge in [-0.2, -0.15) is 0 Å². The molecular formula is C11H9ClO2. The number of allylic oxidation sites excluding steroid dienone is 2. The lowest BCUT2D eigenvalue weighted by molar-refractivity contribution is 0.471. The highest BCUT2D eigenvalue weighted by molar-refractivity contribution is 6.31. The number of hydrogen-bond donors (Lipinski definition) is 1. The van der Waals surface area contributed by atoms with Crippen LogP contribution in [0.15, 0.2) is 30.5 Å². The van der Waals surface area contributed by atoms with Crippen molar-refractivity contribution in [2.24, 2.45) is 0 Å². The summed E-state index contributed by atoms with van der Waals surface area (Å²) < 4.78 is 5.30. The maximum atomic E-state index is 9.63. The number of rotatable bonds is 0. The van der Waals surface area contributed by atoms with Crippen LogP contribution in [0.1, 0.15) is 11.1 Å². The molecule has 0 aliphatic carbocycles. The van der Waals surface area contributed by atoms with Gasteiger partial charge in [0.15, 0.2) is 0 Å². The summed E-state index contributed by atoms with van der Waals surface area (Å²) in [5, 5.41) is 10.2. The van der Waals surface area contributed by atoms with Gasteiger partial charge >= 0.3 is 0 Å². The van der Waals surface area contributed by atoms with E-state index in [1.54, 1.807) is 24.3 Å². The Morgan fingerprint density at radius 1 is 1.36 bits per heavy atom. The monoisotopic (exact) mass is 208 g/mol. The third-order valence-electron chi connectivity index (χ3n) is 2.06. The van der Waals surface area contributed by atoms with Crippen molar-refractivity contribution in [2.75, 3.05) is 0 Å². The summed E-state index contributed by atoms with van der Waals surface area (Å²) in [7, 11) is 0. The number of fused-ring (bicyclic) bond motifs is 1. The van der Waals surface area contributed by atoms with Gasteiger partial charge in [0.05, 0.1) is 11.8 Å². The Morgan fingerprint density at radius 3 is 2.93 bits per heavy atom. The summed E-state index contributed by atoms with van der Waals surface area (Å²) in [6.45, 7) is 1.89. The van der Waals surface area contributed by atoms with Crippen LogP contribution in [-0.4, -0.2) is 5.11 Å². The lowest BCUT2D eigenvalue weighted by Crippen LogP contribution is -1.90. The second-order valence-electron chi connectivity index (χ2n) is 3.10. The van der Waals surface area contributed by atoms with Crippen LogP contribution in [0.25, 0.3) is 5.76 Å². The number of hydrogen-bond acceptors (Lipinski definition) is 2. The van der Waals surface area contributed by atoms with Crippen LogP contribution >= 0.6 is 11.6 Å². The molecule has 1 aliphatic heterocycles. The average molecular weight is 209 g/mol. The Balaban J connectivity index is 2.63. The van der Waals surface area contributed by atoms with Crippen molar-refractivity contribution in [3.63, 3.8) is 0 Å². The Kier molecular flexibility index (Phi) is 2.22. The zero-order valence-corrected chi connectivity index (χ0v) is 8.38. The summed E-state index contributed by atoms with van der Waals surface area (Å²) in [6, 6.07) is 3.50. The van der Waals surface area contributed by atoms with Crippen molar-refractivity contribution in [1.82, 2.24) is 0 Å². The van der Waals surface area contributed by atoms with E-state index in [1.807, 2.05) is 6.92 Å². The Bertz CT molecular complexity index is 433. The second kappa shape index (κ2) is 3.39. The fourth-order valence-corrected chi connectivity index (χ4v) is 1.45. The summed E-state index contributed by atoms with van der Waals surface area (Å²) >= 11 is 5.95. The Labute approximate surface area is 87.1 Å². The molecule has 1 aromatic carbocycles. The minimum absolute atomic E-state index is 0.163. The molecule has 0 aromatic heterocycles. The van der Waals surface area contributed by atoms with Gasteiger partial charge in [-0.05, 0) is 36.8 Å². The van der Waals surface area contributed by atoms with Crippen LogP contribution in [0.2, 0.25) is 5.02 Å². The van der Waals surface area contributed by atoms with E-state index in [0.717, 1.165) is 5.56 Å². The summed E-state index contributed by atoms with van der Waals surface area (Å²) in [6.07, 6.45) is 4.73. The molecule has 0 saturated heterocycles. The van der Waals surface area contributed by atoms with E-state index in [4.69, 9.17) is 16.3 Å². The van der Waals surface area contributed by atoms with Crippen molar-refractivity contribution in [3.05, 3.63) is 46.7 Å². The molecule has 0 spiro atoms. The fraction of sp³-hybridized carbons (Fsp3) is 0.0909. The maximum Gasteiger partial charge on any atom is 0.137 e. The van der Waals surface area contributed by atoms with Crippen molar-refractivity contribution in [1.29, 1.82) is 0 Å². The highest BCUT2D eigenvalue weighted by atomic mass is 35.5. The van der Waals surface area contributed by atoms with Gasteiger partial charge in [0, 0.05) is 5.02 Å². The van der Waals surface area contributed by atoms with Gasteiger partial charge in [-0.25, -0.2) is 0 Å². The Hall–Kier alpha value is -1.41. The molecule has 14 heavy (non-hydrogen) atoms. The number of aliphatic hydroxyl groups excluding tert-OH is 1. The Morgan fingerprint density at radius 2 is 2.14 bits per heavy atom. The largest absolute Gasteiger partial charge is 0.507 e. The number of ether oxygens (including phenoxy) is 1. The first-order valence-electron chi connectivity index (χ1n) is 4.21. The maximum absolute atomic E-state index is 9.63. The van der Waals surface area contributed by atoms with Crippen molar-refractivity contribution < 1.29 is 9.84 Å². The predicted molar refractivity (Wildman–Crippen MR) is 56.6 cm³/mol. The molecule has 1 N–H and O–H groups in total. The number of halogens is 1. The normalized spacial score (nSPS) is 14.0. The lowest BCUT2D eigenvalue weighted by Gasteiger charge is -2.08. The summed E-state index contributed by atoms with van der Waals surface area (Å²) in [4.78, 5) is 0. The molecule has 2 rings (SSSR count). The van der Waals surface area contributed by atoms with Gasteiger partial charge in [-0.1, -0.05) is 11.6 Å². The van der Waals surface area contributed by atoms with Gasteiger partial charge in [0.25, 0.3) is 0 Å². The van der Waals surface area contributed by atoms with E-state index in [1.165, 1.54) is 6.26 Å². The zero-order chi connectivity index (χ0) is 10.1. The van der Waals surface area contributed by atoms with Crippen molar-refractivity contribution >= 4 is 17.4 Å². The molecule has 0 fully saturated rings. The molecule has 2 nitrogen and oxygen atoms in total. The molecule has 72 valence electrons. The van der Waals surface area contributed by atoms with E-state index in [0.29, 0.717) is 16.3 Å². The lowest BCUT2D eigenvalue weighted by atomic mass is 10.1. The predicted octanol–water partition coefficient (Wildman–Crippen LogP) is 3.45. The van der Waals surface area contributed by atoms with Gasteiger partial charge < -0.3 is 9.84 Å². The van der Waals surface area contributed by atoms with Crippen LogP contribution in [0.3, 0.4) is 0 Å². The summed E-state index contributed by atoms with van der Waals surface area (Å²) in [5.74, 6) is 0.782. The minimum atomic E-state index is 0.163. The molecule has 0 atom stereocenters. The van der Waals surface area contributed by atoms with Crippen molar-refractivity contribution in [2.45, 2.75) is 6.92 Å². The smallest absolute Gasteiger partial charge is 0.137 e. The van der Waals surface area contributed by atoms with E-state index in [2.05, 4.69) is 0 Å². The van der Waals surface area contributed by atoms with E-state index < -0.39 is 0 Å². The quantitative estimate of drug-likeness (QED) is 0.708. The highest BCUT2D eigenvalue weighted by Crippen LogP contribution is 2.32. The molecule has 0 bridgehead atoms. The SMILES string of the molecule is Cc1cc2c(cc1Cl)C(O)=CC=CO2. The summed E-state index contributed by atoms with van der Waals surface area (Å²) in [5.41, 5.74) is 1.54. The van der Waals surface area contributed by atoms with Crippen molar-refractivity contribution in [3.8, 4) is 5.75 Å². The van der Waals surface area contributed by atoms with Crippen LogP contribution in [-0.2, 0) is 0 Å². The highest BCUT2D eigenvalue weighted by Gasteiger charge is 2.11. The average Bonchev–Trinajstić information content (AvgIpc) is 2.31. The molecule has 1 aliphatic rings. The van der Waals surface area contributed by atoms with E-state index in [-0.39, 0.29) is 5.76 Å². The van der Waals surface area contributed by atoms with E-state index in [9.17, 15) is 5.11 Å². The molecule has 0 amide bonds. The molecule has 0 radical (unpaired) electrons. The van der Waals surface area contributed by atoms with Gasteiger partial charge in [-0.3, -0.25) is 0 Å². The topological polar surface area (TPSA) is 29.5 Å². The first-order chi connectivity index (χ1) is 6.68. The standard InChI is InChI=1S/C11H9ClO2/c1-7-5-11-8(6-9(7)12)10(13)3-2-4-14-11/h2-6,13H,1H3. The van der Waals surface area contributed by atoms with E-state index >= 15 is 0 Å². The number of aryl methyl sites for hydroxylation is 1. The minimum Gasteiger partial charge on any atom is -0.507 e. The third-order valence-corrected chi connectivity index (χ3v) is 2.47. The molecule has 1 heterocycles. The van der Waals surface area contributed by atoms with Crippen LogP contribution in [0.4, 0.5) is 0 Å². The van der Waals surface area contributed by atoms with Gasteiger partial charge in [0.1, 0.15) is 11.5 Å². The molecule has 3 heteroatoms. The van der Waals surface area contributed by atoms with Gasteiger partial charge in [0.2, 0.25) is 0 Å². The fourth-order valence-electron chi connectivity index (χ4n) is 1.29. The molecule has 1 aromatic rings. The zero-order valence-electron chi connectivity index (χ0n) is 7.62. The first kappa shape index (κ1) is 9.16. The molecule has 0 unspecified atom stereocenters.